The van der Waals surface area contributed by atoms with Crippen LogP contribution in [0.2, 0.25) is 0 Å². The third-order valence-corrected chi connectivity index (χ3v) is 2.78. The van der Waals surface area contributed by atoms with Crippen LogP contribution in [0.3, 0.4) is 0 Å². The summed E-state index contributed by atoms with van der Waals surface area (Å²) in [5.41, 5.74) is 0.390. The van der Waals surface area contributed by atoms with Crippen molar-refractivity contribution in [2.24, 2.45) is 0 Å². The summed E-state index contributed by atoms with van der Waals surface area (Å²) in [4.78, 5) is 24.9. The van der Waals surface area contributed by atoms with Gasteiger partial charge in [-0.05, 0) is 25.1 Å². The highest BCUT2D eigenvalue weighted by atomic mass is 19.1. The molecular weight excluding hydrogens is 259 g/mol. The molecule has 1 aromatic carbocycles. The first-order chi connectivity index (χ1) is 9.52. The van der Waals surface area contributed by atoms with Crippen molar-refractivity contribution in [3.05, 3.63) is 35.6 Å². The van der Waals surface area contributed by atoms with Gasteiger partial charge in [-0.2, -0.15) is 0 Å². The van der Waals surface area contributed by atoms with E-state index in [9.17, 15) is 14.0 Å². The predicted molar refractivity (Wildman–Crippen MR) is 75.9 cm³/mol. The highest BCUT2D eigenvalue weighted by Crippen LogP contribution is 2.07. The van der Waals surface area contributed by atoms with Crippen LogP contribution in [0.1, 0.15) is 18.9 Å². The fourth-order valence-corrected chi connectivity index (χ4v) is 1.83. The van der Waals surface area contributed by atoms with Crippen LogP contribution in [-0.2, 0) is 16.0 Å². The molecule has 1 aromatic rings. The largest absolute Gasteiger partial charge is 0.355 e. The van der Waals surface area contributed by atoms with E-state index in [1.807, 2.05) is 6.92 Å². The number of halogens is 1. The minimum Gasteiger partial charge on any atom is -0.355 e. The lowest BCUT2D eigenvalue weighted by Gasteiger charge is -2.15. The van der Waals surface area contributed by atoms with Gasteiger partial charge >= 0.3 is 0 Å². The van der Waals surface area contributed by atoms with Crippen molar-refractivity contribution in [2.45, 2.75) is 19.8 Å². The molecule has 20 heavy (non-hydrogen) atoms. The molecule has 110 valence electrons. The minimum absolute atomic E-state index is 0.0492. The Bertz CT molecular complexity index is 463. The number of hydrogen-bond acceptors (Lipinski definition) is 3. The van der Waals surface area contributed by atoms with Crippen molar-refractivity contribution in [1.29, 1.82) is 0 Å². The zero-order valence-electron chi connectivity index (χ0n) is 12.0. The first kappa shape index (κ1) is 16.3. The van der Waals surface area contributed by atoms with Gasteiger partial charge in [-0.3, -0.25) is 14.5 Å². The molecule has 0 aliphatic carbocycles. The Morgan fingerprint density at radius 1 is 1.25 bits per heavy atom. The lowest BCUT2D eigenvalue weighted by Crippen LogP contribution is -2.38. The van der Waals surface area contributed by atoms with Gasteiger partial charge in [0.25, 0.3) is 0 Å². The molecule has 1 rings (SSSR count). The maximum absolute atomic E-state index is 13.4. The first-order valence-corrected chi connectivity index (χ1v) is 6.73. The van der Waals surface area contributed by atoms with Crippen molar-refractivity contribution < 1.29 is 14.0 Å². The number of hydrogen-bond donors (Lipinski definition) is 1. The molecule has 4 nitrogen and oxygen atoms in total. The maximum atomic E-state index is 13.4. The van der Waals surface area contributed by atoms with E-state index in [1.54, 1.807) is 30.1 Å². The maximum Gasteiger partial charge on any atom is 0.234 e. The van der Waals surface area contributed by atoms with E-state index in [0.717, 1.165) is 6.42 Å². The number of nitrogens with zero attached hydrogens (tertiary/aromatic N) is 1. The van der Waals surface area contributed by atoms with Crippen LogP contribution >= 0.6 is 0 Å². The monoisotopic (exact) mass is 280 g/mol. The molecule has 0 fully saturated rings. The van der Waals surface area contributed by atoms with Crippen molar-refractivity contribution >= 4 is 11.7 Å². The zero-order chi connectivity index (χ0) is 15.0. The average molecular weight is 280 g/mol. The van der Waals surface area contributed by atoms with E-state index in [-0.39, 0.29) is 37.0 Å². The number of rotatable bonds is 8. The van der Waals surface area contributed by atoms with Crippen molar-refractivity contribution in [2.75, 3.05) is 26.7 Å². The molecule has 0 aliphatic heterocycles. The number of amides is 1. The second-order valence-electron chi connectivity index (χ2n) is 4.83. The smallest absolute Gasteiger partial charge is 0.234 e. The number of Topliss-reactive ketones (excluding diaryl/α,β-unsaturated/α-hetero) is 1. The number of carbonyl (C=O) groups is 2. The third-order valence-electron chi connectivity index (χ3n) is 2.78. The lowest BCUT2D eigenvalue weighted by atomic mass is 10.1. The van der Waals surface area contributed by atoms with Gasteiger partial charge in [0.2, 0.25) is 5.91 Å². The second-order valence-corrected chi connectivity index (χ2v) is 4.83. The van der Waals surface area contributed by atoms with E-state index in [2.05, 4.69) is 5.32 Å². The Kier molecular flexibility index (Phi) is 6.87. The van der Waals surface area contributed by atoms with Crippen LogP contribution in [0.15, 0.2) is 24.3 Å². The predicted octanol–water partition coefficient (Wildman–Crippen LogP) is 1.40. The van der Waals surface area contributed by atoms with Gasteiger partial charge in [-0.15, -0.1) is 0 Å². The number of ketones is 1. The van der Waals surface area contributed by atoms with Gasteiger partial charge in [0.15, 0.2) is 5.78 Å². The van der Waals surface area contributed by atoms with Crippen LogP contribution in [0, 0.1) is 5.82 Å². The normalized spacial score (nSPS) is 10.6. The molecular formula is C15H21FN2O2. The molecule has 0 spiro atoms. The second kappa shape index (κ2) is 8.43. The Morgan fingerprint density at radius 3 is 2.60 bits per heavy atom. The molecule has 0 aliphatic rings. The summed E-state index contributed by atoms with van der Waals surface area (Å²) in [5, 5.41) is 2.74. The Balaban J connectivity index is 2.38. The Morgan fingerprint density at radius 2 is 1.95 bits per heavy atom. The van der Waals surface area contributed by atoms with Crippen LogP contribution in [0.4, 0.5) is 4.39 Å². The number of benzene rings is 1. The average Bonchev–Trinajstić information content (AvgIpc) is 2.38. The highest BCUT2D eigenvalue weighted by molar-refractivity contribution is 5.84. The summed E-state index contributed by atoms with van der Waals surface area (Å²) >= 11 is 0. The Hall–Kier alpha value is -1.75. The lowest BCUT2D eigenvalue weighted by molar-refractivity contribution is -0.123. The SMILES string of the molecule is CCCNC(=O)CN(C)CC(=O)Cc1ccccc1F. The van der Waals surface area contributed by atoms with Crippen LogP contribution in [0.5, 0.6) is 0 Å². The molecule has 0 heterocycles. The molecule has 1 N–H and O–H groups in total. The number of nitrogens with one attached hydrogen (secondary N) is 1. The van der Waals surface area contributed by atoms with Crippen LogP contribution < -0.4 is 5.32 Å². The summed E-state index contributed by atoms with van der Waals surface area (Å²) in [6.45, 7) is 2.91. The molecule has 0 saturated heterocycles. The van der Waals surface area contributed by atoms with E-state index in [1.165, 1.54) is 6.07 Å². The quantitative estimate of drug-likeness (QED) is 0.783. The molecule has 0 unspecified atom stereocenters. The fourth-order valence-electron chi connectivity index (χ4n) is 1.83. The van der Waals surface area contributed by atoms with Crippen molar-refractivity contribution in [1.82, 2.24) is 10.2 Å². The van der Waals surface area contributed by atoms with E-state index in [4.69, 9.17) is 0 Å². The van der Waals surface area contributed by atoms with E-state index in [0.29, 0.717) is 12.1 Å². The molecule has 5 heteroatoms. The summed E-state index contributed by atoms with van der Waals surface area (Å²) in [5.74, 6) is -0.585. The van der Waals surface area contributed by atoms with Gasteiger partial charge < -0.3 is 5.32 Å². The van der Waals surface area contributed by atoms with E-state index >= 15 is 0 Å². The molecule has 0 atom stereocenters. The summed E-state index contributed by atoms with van der Waals surface area (Å²) < 4.78 is 13.4. The van der Waals surface area contributed by atoms with E-state index < -0.39 is 0 Å². The third kappa shape index (κ3) is 5.93. The molecule has 0 saturated carbocycles. The summed E-state index contributed by atoms with van der Waals surface area (Å²) in [7, 11) is 1.70. The molecule has 1 amide bonds. The van der Waals surface area contributed by atoms with Crippen molar-refractivity contribution in [3.63, 3.8) is 0 Å². The number of likely N-dealkylation sites (N-methyl/N-ethyl adjacent to an activating group) is 1. The van der Waals surface area contributed by atoms with Crippen LogP contribution in [0.25, 0.3) is 0 Å². The first-order valence-electron chi connectivity index (χ1n) is 6.73. The molecule has 0 radical (unpaired) electrons. The van der Waals surface area contributed by atoms with Gasteiger partial charge in [0, 0.05) is 13.0 Å². The Labute approximate surface area is 119 Å². The molecule has 0 aromatic heterocycles. The van der Waals surface area contributed by atoms with Crippen LogP contribution in [-0.4, -0.2) is 43.3 Å². The zero-order valence-corrected chi connectivity index (χ0v) is 12.0. The molecule has 0 bridgehead atoms. The minimum atomic E-state index is -0.371. The summed E-state index contributed by atoms with van der Waals surface area (Å²) in [6.07, 6.45) is 0.926. The standard InChI is InChI=1S/C15H21FN2O2/c1-3-8-17-15(20)11-18(2)10-13(19)9-12-6-4-5-7-14(12)16/h4-7H,3,8-11H2,1-2H3,(H,17,20). The fraction of sp³-hybridized carbons (Fsp3) is 0.467. The van der Waals surface area contributed by atoms with Crippen molar-refractivity contribution in [3.8, 4) is 0 Å². The summed E-state index contributed by atoms with van der Waals surface area (Å²) in [6, 6.07) is 6.23. The van der Waals surface area contributed by atoms with Gasteiger partial charge in [0.1, 0.15) is 5.82 Å². The highest BCUT2D eigenvalue weighted by Gasteiger charge is 2.12. The number of carbonyl (C=O) groups excluding carboxylic acids is 2. The van der Waals surface area contributed by atoms with Gasteiger partial charge in [-0.1, -0.05) is 25.1 Å². The van der Waals surface area contributed by atoms with Gasteiger partial charge in [0.05, 0.1) is 13.1 Å². The topological polar surface area (TPSA) is 49.4 Å². The van der Waals surface area contributed by atoms with Gasteiger partial charge in [-0.25, -0.2) is 4.39 Å².